The highest BCUT2D eigenvalue weighted by atomic mass is 32.1. The molecule has 0 bridgehead atoms. The molecule has 3 aromatic rings. The minimum atomic E-state index is -0.295. The van der Waals surface area contributed by atoms with Crippen molar-refractivity contribution in [2.24, 2.45) is 0 Å². The van der Waals surface area contributed by atoms with Gasteiger partial charge in [-0.3, -0.25) is 4.79 Å². The largest absolute Gasteiger partial charge is 0.493 e. The molecule has 1 saturated heterocycles. The zero-order valence-corrected chi connectivity index (χ0v) is 17.7. The summed E-state index contributed by atoms with van der Waals surface area (Å²) in [5.41, 5.74) is 0.556. The molecule has 0 unspecified atom stereocenters. The first-order chi connectivity index (χ1) is 14.6. The fourth-order valence-electron chi connectivity index (χ4n) is 3.74. The number of hydrogen-bond donors (Lipinski definition) is 0. The van der Waals surface area contributed by atoms with Crippen molar-refractivity contribution < 1.29 is 14.3 Å². The Morgan fingerprint density at radius 3 is 2.77 bits per heavy atom. The van der Waals surface area contributed by atoms with Crippen LogP contribution in [0, 0.1) is 0 Å². The molecule has 9 nitrogen and oxygen atoms in total. The number of thiophene rings is 1. The maximum Gasteiger partial charge on any atom is 0.369 e. The van der Waals surface area contributed by atoms with E-state index in [-0.39, 0.29) is 24.1 Å². The molecule has 1 aliphatic rings. The van der Waals surface area contributed by atoms with Gasteiger partial charge < -0.3 is 14.4 Å². The van der Waals surface area contributed by atoms with Gasteiger partial charge in [0.05, 0.1) is 33.2 Å². The number of likely N-dealkylation sites (tertiary alicyclic amines) is 1. The fraction of sp³-hybridized carbons (Fsp3) is 0.400. The van der Waals surface area contributed by atoms with Crippen LogP contribution in [-0.2, 0) is 17.8 Å². The summed E-state index contributed by atoms with van der Waals surface area (Å²) in [6.45, 7) is 1.01. The highest BCUT2D eigenvalue weighted by molar-refractivity contribution is 7.12. The Labute approximate surface area is 177 Å². The molecular weight excluding hydrogens is 406 g/mol. The fourth-order valence-corrected chi connectivity index (χ4v) is 4.41. The molecule has 0 aliphatic carbocycles. The number of carbonyl (C=O) groups excluding carboxylic acids is 1. The van der Waals surface area contributed by atoms with Crippen LogP contribution in [0.2, 0.25) is 0 Å². The number of carbonyl (C=O) groups is 1. The average Bonchev–Trinajstić information content (AvgIpc) is 3.50. The molecule has 1 fully saturated rings. The lowest BCUT2D eigenvalue weighted by atomic mass is 10.1. The summed E-state index contributed by atoms with van der Waals surface area (Å²) in [5.74, 6) is 1.24. The molecule has 10 heteroatoms. The summed E-state index contributed by atoms with van der Waals surface area (Å²) < 4.78 is 13.2. The lowest BCUT2D eigenvalue weighted by Gasteiger charge is -2.24. The molecule has 158 valence electrons. The van der Waals surface area contributed by atoms with E-state index in [9.17, 15) is 9.59 Å². The molecule has 30 heavy (non-hydrogen) atoms. The molecule has 1 aromatic carbocycles. The van der Waals surface area contributed by atoms with Crippen LogP contribution in [-0.4, -0.2) is 57.4 Å². The van der Waals surface area contributed by atoms with Crippen LogP contribution in [0.1, 0.15) is 18.4 Å². The molecular formula is C20H23N5O4S. The lowest BCUT2D eigenvalue weighted by molar-refractivity contribution is -0.131. The standard InChI is InChI=1S/C20H23N5O4S/c1-28-16-8-7-14(11-17(16)29-2)12-18(26)23-9-3-5-15(23)13-24-20(27)25(22-21-24)19-6-4-10-30-19/h4,6-8,10-11,15H,3,5,9,12-13H2,1-2H3/t15-/m1/s1. The van der Waals surface area contributed by atoms with Gasteiger partial charge in [0.2, 0.25) is 5.91 Å². The van der Waals surface area contributed by atoms with Crippen molar-refractivity contribution in [3.8, 4) is 16.5 Å². The van der Waals surface area contributed by atoms with Gasteiger partial charge in [-0.15, -0.1) is 11.3 Å². The predicted molar refractivity (Wildman–Crippen MR) is 111 cm³/mol. The van der Waals surface area contributed by atoms with Crippen LogP contribution in [0.3, 0.4) is 0 Å². The summed E-state index contributed by atoms with van der Waals surface area (Å²) in [6, 6.07) is 9.08. The van der Waals surface area contributed by atoms with E-state index in [1.54, 1.807) is 20.3 Å². The quantitative estimate of drug-likeness (QED) is 0.568. The molecule has 0 spiro atoms. The smallest absolute Gasteiger partial charge is 0.369 e. The van der Waals surface area contributed by atoms with Crippen LogP contribution in [0.4, 0.5) is 0 Å². The molecule has 3 heterocycles. The van der Waals surface area contributed by atoms with Crippen molar-refractivity contribution in [2.75, 3.05) is 20.8 Å². The van der Waals surface area contributed by atoms with Crippen molar-refractivity contribution in [2.45, 2.75) is 31.8 Å². The third-order valence-corrected chi connectivity index (χ3v) is 6.08. The van der Waals surface area contributed by atoms with Crippen molar-refractivity contribution in [3.63, 3.8) is 0 Å². The summed E-state index contributed by atoms with van der Waals surface area (Å²) in [7, 11) is 3.15. The molecule has 0 saturated carbocycles. The van der Waals surface area contributed by atoms with E-state index in [1.165, 1.54) is 20.7 Å². The van der Waals surface area contributed by atoms with Crippen molar-refractivity contribution in [1.82, 2.24) is 24.7 Å². The second kappa shape index (κ2) is 8.70. The number of amides is 1. The highest BCUT2D eigenvalue weighted by Crippen LogP contribution is 2.28. The molecule has 4 rings (SSSR count). The Bertz CT molecular complexity index is 1080. The Kier molecular flexibility index (Phi) is 5.84. The van der Waals surface area contributed by atoms with Gasteiger partial charge in [-0.05, 0) is 58.5 Å². The Morgan fingerprint density at radius 2 is 2.03 bits per heavy atom. The van der Waals surface area contributed by atoms with E-state index in [0.717, 1.165) is 23.4 Å². The van der Waals surface area contributed by atoms with Gasteiger partial charge in [0.1, 0.15) is 5.00 Å². The summed E-state index contributed by atoms with van der Waals surface area (Å²) >= 11 is 1.42. The summed E-state index contributed by atoms with van der Waals surface area (Å²) in [6.07, 6.45) is 1.99. The van der Waals surface area contributed by atoms with Crippen molar-refractivity contribution >= 4 is 17.2 Å². The Balaban J connectivity index is 1.46. The maximum absolute atomic E-state index is 13.0. The van der Waals surface area contributed by atoms with Gasteiger partial charge in [-0.1, -0.05) is 6.07 Å². The normalized spacial score (nSPS) is 16.1. The SMILES string of the molecule is COc1ccc(CC(=O)N2CCC[C@@H]2Cn2nnn(-c3cccs3)c2=O)cc1OC. The van der Waals surface area contributed by atoms with E-state index in [2.05, 4.69) is 10.4 Å². The van der Waals surface area contributed by atoms with Gasteiger partial charge in [-0.25, -0.2) is 4.79 Å². The van der Waals surface area contributed by atoms with Crippen LogP contribution < -0.4 is 15.2 Å². The zero-order valence-electron chi connectivity index (χ0n) is 16.9. The number of aromatic nitrogens is 4. The minimum Gasteiger partial charge on any atom is -0.493 e. The highest BCUT2D eigenvalue weighted by Gasteiger charge is 2.30. The van der Waals surface area contributed by atoms with Gasteiger partial charge in [-0.2, -0.15) is 9.36 Å². The number of rotatable bonds is 7. The minimum absolute atomic E-state index is 0.0171. The monoisotopic (exact) mass is 429 g/mol. The van der Waals surface area contributed by atoms with Crippen LogP contribution >= 0.6 is 11.3 Å². The molecule has 0 radical (unpaired) electrons. The van der Waals surface area contributed by atoms with E-state index in [4.69, 9.17) is 9.47 Å². The van der Waals surface area contributed by atoms with E-state index in [1.807, 2.05) is 34.5 Å². The number of ether oxygens (including phenoxy) is 2. The van der Waals surface area contributed by atoms with E-state index >= 15 is 0 Å². The summed E-state index contributed by atoms with van der Waals surface area (Å²) in [4.78, 5) is 27.4. The Hall–Kier alpha value is -3.14. The third-order valence-electron chi connectivity index (χ3n) is 5.24. The number of nitrogens with zero attached hydrogens (tertiary/aromatic N) is 5. The molecule has 1 atom stereocenters. The van der Waals surface area contributed by atoms with E-state index < -0.39 is 0 Å². The Morgan fingerprint density at radius 1 is 1.20 bits per heavy atom. The lowest BCUT2D eigenvalue weighted by Crippen LogP contribution is -2.41. The van der Waals surface area contributed by atoms with Crippen LogP contribution in [0.25, 0.3) is 5.00 Å². The van der Waals surface area contributed by atoms with Crippen molar-refractivity contribution in [3.05, 3.63) is 51.8 Å². The molecule has 1 aliphatic heterocycles. The molecule has 1 amide bonds. The average molecular weight is 430 g/mol. The predicted octanol–water partition coefficient (Wildman–Crippen LogP) is 1.74. The first kappa shape index (κ1) is 20.1. The van der Waals surface area contributed by atoms with Crippen molar-refractivity contribution in [1.29, 1.82) is 0 Å². The van der Waals surface area contributed by atoms with Crippen LogP contribution in [0.5, 0.6) is 11.5 Å². The van der Waals surface area contributed by atoms with Crippen LogP contribution in [0.15, 0.2) is 40.5 Å². The number of methoxy groups -OCH3 is 2. The van der Waals surface area contributed by atoms with Gasteiger partial charge in [0.25, 0.3) is 0 Å². The summed E-state index contributed by atoms with van der Waals surface area (Å²) in [5, 5.41) is 10.6. The second-order valence-electron chi connectivity index (χ2n) is 7.06. The first-order valence-corrected chi connectivity index (χ1v) is 10.6. The molecule has 0 N–H and O–H groups in total. The van der Waals surface area contributed by atoms with Gasteiger partial charge >= 0.3 is 5.69 Å². The third kappa shape index (κ3) is 3.95. The zero-order chi connectivity index (χ0) is 21.1. The molecule has 2 aromatic heterocycles. The second-order valence-corrected chi connectivity index (χ2v) is 7.98. The van der Waals surface area contributed by atoms with Gasteiger partial charge in [0, 0.05) is 6.54 Å². The topological polar surface area (TPSA) is 91.5 Å². The maximum atomic E-state index is 13.0. The van der Waals surface area contributed by atoms with Gasteiger partial charge in [0.15, 0.2) is 11.5 Å². The first-order valence-electron chi connectivity index (χ1n) is 9.67. The number of benzene rings is 1. The van der Waals surface area contributed by atoms with E-state index in [0.29, 0.717) is 24.6 Å². The number of hydrogen-bond acceptors (Lipinski definition) is 7. The number of tetrazole rings is 1.